The van der Waals surface area contributed by atoms with Crippen molar-refractivity contribution < 1.29 is 4.74 Å². The fraction of sp³-hybridized carbons (Fsp3) is 0.611. The van der Waals surface area contributed by atoms with Gasteiger partial charge in [0.25, 0.3) is 0 Å². The summed E-state index contributed by atoms with van der Waals surface area (Å²) >= 11 is 0. The van der Waals surface area contributed by atoms with Crippen molar-refractivity contribution in [2.45, 2.75) is 53.2 Å². The number of guanidine groups is 1. The molecule has 1 rings (SSSR count). The molecule has 0 aliphatic carbocycles. The van der Waals surface area contributed by atoms with Gasteiger partial charge in [-0.15, -0.1) is 0 Å². The lowest BCUT2D eigenvalue weighted by molar-refractivity contribution is 0.134. The normalized spacial score (nSPS) is 11.5. The smallest absolute Gasteiger partial charge is 0.191 e. The molecular formula is C18H31N3O. The molecule has 0 heterocycles. The third kappa shape index (κ3) is 8.03. The molecule has 2 N–H and O–H groups in total. The van der Waals surface area contributed by atoms with Crippen LogP contribution in [0, 0.1) is 0 Å². The zero-order valence-corrected chi connectivity index (χ0v) is 14.3. The molecule has 124 valence electrons. The third-order valence-corrected chi connectivity index (χ3v) is 3.33. The summed E-state index contributed by atoms with van der Waals surface area (Å²) in [7, 11) is 0. The fourth-order valence-corrected chi connectivity index (χ4v) is 2.05. The van der Waals surface area contributed by atoms with Crippen LogP contribution < -0.4 is 10.6 Å². The Morgan fingerprint density at radius 2 is 1.73 bits per heavy atom. The number of aliphatic imine (C=N–C) groups is 1. The Kier molecular flexibility index (Phi) is 10.1. The van der Waals surface area contributed by atoms with Gasteiger partial charge < -0.3 is 15.4 Å². The molecule has 0 saturated heterocycles. The molecule has 0 aliphatic rings. The fourth-order valence-electron chi connectivity index (χ4n) is 2.05. The van der Waals surface area contributed by atoms with E-state index in [2.05, 4.69) is 53.7 Å². The van der Waals surface area contributed by atoms with Gasteiger partial charge in [-0.2, -0.15) is 0 Å². The highest BCUT2D eigenvalue weighted by atomic mass is 16.5. The van der Waals surface area contributed by atoms with Crippen LogP contribution in [0.25, 0.3) is 0 Å². The second-order valence-corrected chi connectivity index (χ2v) is 5.28. The Morgan fingerprint density at radius 3 is 2.36 bits per heavy atom. The second kappa shape index (κ2) is 12.0. The average molecular weight is 305 g/mol. The first-order valence-corrected chi connectivity index (χ1v) is 8.47. The number of nitrogens with one attached hydrogen (secondary N) is 2. The van der Waals surface area contributed by atoms with Crippen LogP contribution in [0.4, 0.5) is 0 Å². The van der Waals surface area contributed by atoms with Crippen LogP contribution in [0.15, 0.2) is 29.3 Å². The minimum absolute atomic E-state index is 0.682. The molecule has 0 saturated carbocycles. The Hall–Kier alpha value is -1.55. The molecule has 0 unspecified atom stereocenters. The maximum Gasteiger partial charge on any atom is 0.191 e. The van der Waals surface area contributed by atoms with E-state index in [0.717, 1.165) is 25.7 Å². The minimum atomic E-state index is 0.682. The van der Waals surface area contributed by atoms with Gasteiger partial charge in [-0.3, -0.25) is 0 Å². The highest BCUT2D eigenvalue weighted by molar-refractivity contribution is 5.79. The summed E-state index contributed by atoms with van der Waals surface area (Å²) in [4.78, 5) is 4.64. The number of rotatable bonds is 10. The van der Waals surface area contributed by atoms with Crippen LogP contribution in [0.5, 0.6) is 0 Å². The zero-order chi connectivity index (χ0) is 16.0. The summed E-state index contributed by atoms with van der Waals surface area (Å²) in [5, 5.41) is 6.67. The topological polar surface area (TPSA) is 45.7 Å². The van der Waals surface area contributed by atoms with Gasteiger partial charge in [0.05, 0.1) is 13.2 Å². The molecule has 22 heavy (non-hydrogen) atoms. The van der Waals surface area contributed by atoms with Gasteiger partial charge in [0.1, 0.15) is 0 Å². The van der Waals surface area contributed by atoms with E-state index in [1.165, 1.54) is 30.4 Å². The summed E-state index contributed by atoms with van der Waals surface area (Å²) in [5.41, 5.74) is 2.42. The molecule has 0 aromatic heterocycles. The van der Waals surface area contributed by atoms with Crippen LogP contribution in [0.1, 0.15) is 51.2 Å². The van der Waals surface area contributed by atoms with Crippen LogP contribution in [-0.2, 0) is 17.9 Å². The predicted octanol–water partition coefficient (Wildman–Crippen LogP) is 3.47. The summed E-state index contributed by atoms with van der Waals surface area (Å²) in [6.07, 6.45) is 3.68. The molecule has 4 heteroatoms. The Bertz CT molecular complexity index is 415. The number of ether oxygens (including phenoxy) is 1. The Morgan fingerprint density at radius 1 is 1.00 bits per heavy atom. The van der Waals surface area contributed by atoms with Crippen LogP contribution >= 0.6 is 0 Å². The molecule has 0 bridgehead atoms. The first-order chi connectivity index (χ1) is 10.8. The standard InChI is InChI=1S/C18H31N3O/c1-4-7-8-13-20-18(19-5-2)21-14-16-9-11-17(12-10-16)15-22-6-3/h9-12H,4-8,13-15H2,1-3H3,(H2,19,20,21). The van der Waals surface area contributed by atoms with E-state index in [-0.39, 0.29) is 0 Å². The summed E-state index contributed by atoms with van der Waals surface area (Å²) < 4.78 is 5.41. The lowest BCUT2D eigenvalue weighted by Crippen LogP contribution is -2.37. The Labute approximate surface area is 135 Å². The highest BCUT2D eigenvalue weighted by Crippen LogP contribution is 2.07. The molecule has 4 nitrogen and oxygen atoms in total. The number of nitrogens with zero attached hydrogens (tertiary/aromatic N) is 1. The van der Waals surface area contributed by atoms with Gasteiger partial charge in [0.2, 0.25) is 0 Å². The lowest BCUT2D eigenvalue weighted by Gasteiger charge is -2.11. The first-order valence-electron chi connectivity index (χ1n) is 8.47. The van der Waals surface area contributed by atoms with Crippen LogP contribution in [0.3, 0.4) is 0 Å². The maximum atomic E-state index is 5.41. The van der Waals surface area contributed by atoms with Gasteiger partial charge in [0.15, 0.2) is 5.96 Å². The largest absolute Gasteiger partial charge is 0.377 e. The van der Waals surface area contributed by atoms with Crippen molar-refractivity contribution in [3.63, 3.8) is 0 Å². The highest BCUT2D eigenvalue weighted by Gasteiger charge is 1.98. The van der Waals surface area contributed by atoms with Crippen LogP contribution in [0.2, 0.25) is 0 Å². The van der Waals surface area contributed by atoms with Gasteiger partial charge in [-0.1, -0.05) is 44.0 Å². The number of hydrogen-bond donors (Lipinski definition) is 2. The predicted molar refractivity (Wildman–Crippen MR) is 94.1 cm³/mol. The summed E-state index contributed by atoms with van der Waals surface area (Å²) in [6, 6.07) is 8.47. The second-order valence-electron chi connectivity index (χ2n) is 5.28. The molecule has 1 aromatic rings. The number of benzene rings is 1. The van der Waals surface area contributed by atoms with E-state index in [1.54, 1.807) is 0 Å². The molecule has 1 aromatic carbocycles. The molecule has 0 radical (unpaired) electrons. The number of unbranched alkanes of at least 4 members (excludes halogenated alkanes) is 2. The van der Waals surface area contributed by atoms with Crippen molar-refractivity contribution in [2.75, 3.05) is 19.7 Å². The van der Waals surface area contributed by atoms with Gasteiger partial charge >= 0.3 is 0 Å². The molecule has 0 amide bonds. The van der Waals surface area contributed by atoms with Crippen molar-refractivity contribution in [2.24, 2.45) is 4.99 Å². The zero-order valence-electron chi connectivity index (χ0n) is 14.3. The SMILES string of the molecule is CCCCCNC(=NCc1ccc(COCC)cc1)NCC. The molecule has 0 spiro atoms. The van der Waals surface area contributed by atoms with Crippen molar-refractivity contribution in [3.05, 3.63) is 35.4 Å². The average Bonchev–Trinajstić information content (AvgIpc) is 2.55. The van der Waals surface area contributed by atoms with Crippen LogP contribution in [-0.4, -0.2) is 25.7 Å². The lowest BCUT2D eigenvalue weighted by atomic mass is 10.1. The summed E-state index contributed by atoms with van der Waals surface area (Å²) in [5.74, 6) is 0.900. The van der Waals surface area contributed by atoms with E-state index >= 15 is 0 Å². The van der Waals surface area contributed by atoms with Crippen molar-refractivity contribution in [1.29, 1.82) is 0 Å². The maximum absolute atomic E-state index is 5.41. The quantitative estimate of drug-likeness (QED) is 0.395. The van der Waals surface area contributed by atoms with E-state index in [0.29, 0.717) is 13.2 Å². The van der Waals surface area contributed by atoms with Gasteiger partial charge in [-0.05, 0) is 31.4 Å². The van der Waals surface area contributed by atoms with Gasteiger partial charge in [-0.25, -0.2) is 4.99 Å². The molecule has 0 atom stereocenters. The van der Waals surface area contributed by atoms with Crippen molar-refractivity contribution >= 4 is 5.96 Å². The monoisotopic (exact) mass is 305 g/mol. The molecule has 0 fully saturated rings. The number of hydrogen-bond acceptors (Lipinski definition) is 2. The van der Waals surface area contributed by atoms with E-state index in [4.69, 9.17) is 4.74 Å². The Balaban J connectivity index is 2.46. The van der Waals surface area contributed by atoms with E-state index in [1.807, 2.05) is 6.92 Å². The van der Waals surface area contributed by atoms with E-state index < -0.39 is 0 Å². The molecular weight excluding hydrogens is 274 g/mol. The first kappa shape index (κ1) is 18.5. The van der Waals surface area contributed by atoms with Crippen molar-refractivity contribution in [1.82, 2.24) is 10.6 Å². The van der Waals surface area contributed by atoms with Crippen molar-refractivity contribution in [3.8, 4) is 0 Å². The van der Waals surface area contributed by atoms with Gasteiger partial charge in [0, 0.05) is 19.7 Å². The molecule has 0 aliphatic heterocycles. The minimum Gasteiger partial charge on any atom is -0.377 e. The summed E-state index contributed by atoms with van der Waals surface area (Å²) in [6.45, 7) is 10.3. The third-order valence-electron chi connectivity index (χ3n) is 3.33. The van der Waals surface area contributed by atoms with E-state index in [9.17, 15) is 0 Å².